The first-order valence-electron chi connectivity index (χ1n) is 9.75. The Morgan fingerprint density at radius 3 is 1.81 bits per heavy atom. The summed E-state index contributed by atoms with van der Waals surface area (Å²) in [6.07, 6.45) is 3.85. The number of fused-ring (bicyclic) bond motifs is 1. The molecule has 0 unspecified atom stereocenters. The number of carbonyl (C=O) groups is 2. The summed E-state index contributed by atoms with van der Waals surface area (Å²) >= 11 is 0. The molecular weight excluding hydrogens is 340 g/mol. The molecule has 0 spiro atoms. The average molecular weight is 373 g/mol. The van der Waals surface area contributed by atoms with Crippen LogP contribution < -0.4 is 0 Å². The number of ether oxygens (including phenoxy) is 2. The van der Waals surface area contributed by atoms with E-state index in [4.69, 9.17) is 9.47 Å². The lowest BCUT2D eigenvalue weighted by molar-refractivity contribution is -0.146. The molecule has 1 aromatic carbocycles. The smallest absolute Gasteiger partial charge is 0.345 e. The van der Waals surface area contributed by atoms with Gasteiger partial charge in [-0.15, -0.1) is 0 Å². The Hall–Kier alpha value is -2.10. The second-order valence-corrected chi connectivity index (χ2v) is 8.52. The quantitative estimate of drug-likeness (QED) is 0.321. The molecule has 0 atom stereocenters. The topological polar surface area (TPSA) is 52.6 Å². The maximum Gasteiger partial charge on any atom is 0.345 e. The van der Waals surface area contributed by atoms with Gasteiger partial charge < -0.3 is 9.47 Å². The summed E-state index contributed by atoms with van der Waals surface area (Å²) in [5.74, 6) is -1.29. The van der Waals surface area contributed by atoms with Crippen LogP contribution in [-0.4, -0.2) is 25.2 Å². The molecule has 4 nitrogen and oxygen atoms in total. The van der Waals surface area contributed by atoms with Crippen LogP contribution in [0.25, 0.3) is 6.08 Å². The minimum Gasteiger partial charge on any atom is -0.462 e. The molecule has 2 rings (SSSR count). The van der Waals surface area contributed by atoms with E-state index in [2.05, 4.69) is 39.8 Å². The Bertz CT molecular complexity index is 749. The fourth-order valence-electron chi connectivity index (χ4n) is 3.67. The molecule has 0 bridgehead atoms. The highest BCUT2D eigenvalue weighted by atomic mass is 16.6. The van der Waals surface area contributed by atoms with E-state index in [0.29, 0.717) is 0 Å². The lowest BCUT2D eigenvalue weighted by atomic mass is 9.62. The molecule has 148 valence electrons. The normalized spacial score (nSPS) is 16.9. The number of hydrogen-bond acceptors (Lipinski definition) is 4. The summed E-state index contributed by atoms with van der Waals surface area (Å²) in [5, 5.41) is 0. The Labute approximate surface area is 162 Å². The van der Waals surface area contributed by atoms with Crippen molar-refractivity contribution in [3.63, 3.8) is 0 Å². The fourth-order valence-corrected chi connectivity index (χ4v) is 3.67. The molecule has 1 aliphatic carbocycles. The van der Waals surface area contributed by atoms with Gasteiger partial charge in [0.25, 0.3) is 0 Å². The molecule has 1 aliphatic rings. The van der Waals surface area contributed by atoms with Crippen molar-refractivity contribution in [3.05, 3.63) is 40.0 Å². The van der Waals surface area contributed by atoms with Gasteiger partial charge in [0.2, 0.25) is 0 Å². The third-order valence-corrected chi connectivity index (χ3v) is 5.53. The van der Waals surface area contributed by atoms with Crippen LogP contribution in [0.3, 0.4) is 0 Å². The van der Waals surface area contributed by atoms with Crippen molar-refractivity contribution in [1.29, 1.82) is 0 Å². The minimum atomic E-state index is -0.646. The van der Waals surface area contributed by atoms with Crippen LogP contribution in [0.2, 0.25) is 0 Å². The lowest BCUT2D eigenvalue weighted by Gasteiger charge is -2.42. The maximum absolute atomic E-state index is 12.3. The highest BCUT2D eigenvalue weighted by Gasteiger charge is 2.37. The van der Waals surface area contributed by atoms with Gasteiger partial charge in [-0.1, -0.05) is 39.8 Å². The zero-order valence-corrected chi connectivity index (χ0v) is 17.7. The van der Waals surface area contributed by atoms with Crippen molar-refractivity contribution in [2.75, 3.05) is 13.2 Å². The average Bonchev–Trinajstić information content (AvgIpc) is 2.58. The first-order chi connectivity index (χ1) is 12.5. The number of hydrogen-bond donors (Lipinski definition) is 0. The monoisotopic (exact) mass is 372 g/mol. The van der Waals surface area contributed by atoms with Crippen LogP contribution in [0.1, 0.15) is 76.6 Å². The predicted molar refractivity (Wildman–Crippen MR) is 108 cm³/mol. The summed E-state index contributed by atoms with van der Waals surface area (Å²) in [6.45, 7) is 14.9. The molecular formula is C23H32O4. The number of aryl methyl sites for hydroxylation is 1. The molecule has 0 saturated carbocycles. The van der Waals surface area contributed by atoms with E-state index in [9.17, 15) is 9.59 Å². The van der Waals surface area contributed by atoms with E-state index in [1.165, 1.54) is 11.1 Å². The Balaban J connectivity index is 2.61. The molecule has 0 amide bonds. The van der Waals surface area contributed by atoms with Crippen molar-refractivity contribution in [2.45, 2.75) is 72.1 Å². The zero-order valence-electron chi connectivity index (χ0n) is 17.7. The Morgan fingerprint density at radius 1 is 0.926 bits per heavy atom. The fraction of sp³-hybridized carbons (Fsp3) is 0.565. The Morgan fingerprint density at radius 2 is 1.37 bits per heavy atom. The van der Waals surface area contributed by atoms with Crippen molar-refractivity contribution in [2.24, 2.45) is 0 Å². The summed E-state index contributed by atoms with van der Waals surface area (Å²) in [4.78, 5) is 24.6. The lowest BCUT2D eigenvalue weighted by Crippen LogP contribution is -2.34. The van der Waals surface area contributed by atoms with E-state index >= 15 is 0 Å². The minimum absolute atomic E-state index is 0.0508. The molecule has 0 heterocycles. The van der Waals surface area contributed by atoms with Crippen LogP contribution in [0, 0.1) is 6.92 Å². The van der Waals surface area contributed by atoms with E-state index in [-0.39, 0.29) is 29.6 Å². The zero-order chi connectivity index (χ0) is 20.4. The van der Waals surface area contributed by atoms with Crippen LogP contribution in [0.15, 0.2) is 17.7 Å². The number of carbonyl (C=O) groups excluding carboxylic acids is 2. The number of esters is 2. The van der Waals surface area contributed by atoms with E-state index in [1.807, 2.05) is 6.92 Å². The highest BCUT2D eigenvalue weighted by Crippen LogP contribution is 2.46. The molecule has 1 aromatic rings. The van der Waals surface area contributed by atoms with E-state index in [1.54, 1.807) is 19.9 Å². The van der Waals surface area contributed by atoms with Gasteiger partial charge in [0.15, 0.2) is 0 Å². The van der Waals surface area contributed by atoms with Gasteiger partial charge in [0.05, 0.1) is 13.2 Å². The standard InChI is InChI=1S/C23H32O4/c1-8-26-20(24)17(21(25)27-9-2)13-16-14-19-18(12-15(16)3)22(4,5)10-11-23(19,6)7/h12-14H,8-11H2,1-7H3. The van der Waals surface area contributed by atoms with E-state index < -0.39 is 11.9 Å². The van der Waals surface area contributed by atoms with Gasteiger partial charge in [0, 0.05) is 0 Å². The third kappa shape index (κ3) is 4.42. The van der Waals surface area contributed by atoms with Crippen molar-refractivity contribution in [3.8, 4) is 0 Å². The van der Waals surface area contributed by atoms with Gasteiger partial charge in [-0.25, -0.2) is 9.59 Å². The summed E-state index contributed by atoms with van der Waals surface area (Å²) in [6, 6.07) is 4.33. The third-order valence-electron chi connectivity index (χ3n) is 5.53. The van der Waals surface area contributed by atoms with Crippen LogP contribution in [0.4, 0.5) is 0 Å². The molecule has 0 aromatic heterocycles. The second kappa shape index (κ2) is 7.87. The Kier molecular flexibility index (Phi) is 6.18. The van der Waals surface area contributed by atoms with Crippen LogP contribution >= 0.6 is 0 Å². The van der Waals surface area contributed by atoms with Gasteiger partial charge in [-0.2, -0.15) is 0 Å². The SMILES string of the molecule is CCOC(=O)C(=Cc1cc2c(cc1C)C(C)(C)CCC2(C)C)C(=O)OCC. The van der Waals surface area contributed by atoms with Gasteiger partial charge in [-0.3, -0.25) is 0 Å². The van der Waals surface area contributed by atoms with E-state index in [0.717, 1.165) is 24.0 Å². The molecule has 27 heavy (non-hydrogen) atoms. The summed E-state index contributed by atoms with van der Waals surface area (Å²) in [7, 11) is 0. The first kappa shape index (κ1) is 21.2. The van der Waals surface area contributed by atoms with Crippen molar-refractivity contribution in [1.82, 2.24) is 0 Å². The van der Waals surface area contributed by atoms with Gasteiger partial charge in [-0.05, 0) is 72.8 Å². The van der Waals surface area contributed by atoms with Crippen LogP contribution in [-0.2, 0) is 29.9 Å². The predicted octanol–water partition coefficient (Wildman–Crippen LogP) is 4.85. The molecule has 4 heteroatoms. The highest BCUT2D eigenvalue weighted by molar-refractivity contribution is 6.17. The van der Waals surface area contributed by atoms with Crippen molar-refractivity contribution >= 4 is 18.0 Å². The largest absolute Gasteiger partial charge is 0.462 e. The molecule has 0 N–H and O–H groups in total. The van der Waals surface area contributed by atoms with Gasteiger partial charge in [0.1, 0.15) is 5.57 Å². The maximum atomic E-state index is 12.3. The van der Waals surface area contributed by atoms with Crippen molar-refractivity contribution < 1.29 is 19.1 Å². The molecule has 0 saturated heterocycles. The summed E-state index contributed by atoms with van der Waals surface area (Å²) < 4.78 is 10.1. The van der Waals surface area contributed by atoms with Gasteiger partial charge >= 0.3 is 11.9 Å². The molecule has 0 aliphatic heterocycles. The molecule has 0 fully saturated rings. The second-order valence-electron chi connectivity index (χ2n) is 8.52. The first-order valence-corrected chi connectivity index (χ1v) is 9.75. The number of rotatable bonds is 5. The number of benzene rings is 1. The molecule has 0 radical (unpaired) electrons. The summed E-state index contributed by atoms with van der Waals surface area (Å²) in [5.41, 5.74) is 4.62. The van der Waals surface area contributed by atoms with Crippen LogP contribution in [0.5, 0.6) is 0 Å².